The molecule has 2 fully saturated rings. The summed E-state index contributed by atoms with van der Waals surface area (Å²) < 4.78 is 95.3. The number of hydrogen-bond acceptors (Lipinski definition) is 9. The summed E-state index contributed by atoms with van der Waals surface area (Å²) >= 11 is 0. The van der Waals surface area contributed by atoms with Gasteiger partial charge in [-0.1, -0.05) is 0 Å². The quantitative estimate of drug-likeness (QED) is 0.198. The molecular weight excluding hydrogens is 577 g/mol. The molecule has 41 heavy (non-hydrogen) atoms. The standard InChI is InChI=1S/C24H20F5N7O4S/c25-23(26)5-7-35(8-6-23)14-3-4-19-33-20(34-36(19)12-14)16-10-31-22(40-41(38,39)24(27,28)29)17-11-30-18(9-15(16)17)32-21(37)13-1-2-13/h3-4,9-13H,1-2,5-8H2,(H,30,32,37). The maximum atomic E-state index is 13.6. The first-order valence-electron chi connectivity index (χ1n) is 12.4. The lowest BCUT2D eigenvalue weighted by atomic mass is 10.1. The van der Waals surface area contributed by atoms with Gasteiger partial charge in [0.15, 0.2) is 11.5 Å². The van der Waals surface area contributed by atoms with Crippen LogP contribution < -0.4 is 14.4 Å². The van der Waals surface area contributed by atoms with Crippen LogP contribution in [0.1, 0.15) is 25.7 Å². The van der Waals surface area contributed by atoms with Gasteiger partial charge < -0.3 is 14.4 Å². The highest BCUT2D eigenvalue weighted by molar-refractivity contribution is 7.88. The van der Waals surface area contributed by atoms with E-state index in [9.17, 15) is 35.2 Å². The second kappa shape index (κ2) is 9.46. The van der Waals surface area contributed by atoms with Crippen molar-refractivity contribution in [2.75, 3.05) is 23.3 Å². The zero-order valence-corrected chi connectivity index (χ0v) is 21.7. The maximum Gasteiger partial charge on any atom is 0.534 e. The zero-order chi connectivity index (χ0) is 29.2. The van der Waals surface area contributed by atoms with Crippen LogP contribution >= 0.6 is 0 Å². The Balaban J connectivity index is 1.41. The van der Waals surface area contributed by atoms with Gasteiger partial charge in [-0.3, -0.25) is 4.79 Å². The van der Waals surface area contributed by atoms with Crippen molar-refractivity contribution in [1.29, 1.82) is 0 Å². The molecule has 1 amide bonds. The molecule has 0 radical (unpaired) electrons. The van der Waals surface area contributed by atoms with Gasteiger partial charge >= 0.3 is 15.6 Å². The molecule has 216 valence electrons. The molecule has 6 rings (SSSR count). The van der Waals surface area contributed by atoms with Gasteiger partial charge in [0.2, 0.25) is 11.8 Å². The zero-order valence-electron chi connectivity index (χ0n) is 20.9. The number of alkyl halides is 5. The number of nitrogens with zero attached hydrogens (tertiary/aromatic N) is 6. The van der Waals surface area contributed by atoms with E-state index in [0.29, 0.717) is 11.3 Å². The van der Waals surface area contributed by atoms with Gasteiger partial charge in [-0.2, -0.15) is 21.6 Å². The molecule has 1 aliphatic heterocycles. The minimum absolute atomic E-state index is 0.0689. The fourth-order valence-electron chi connectivity index (χ4n) is 4.41. The lowest BCUT2D eigenvalue weighted by molar-refractivity contribution is -0.117. The van der Waals surface area contributed by atoms with Gasteiger partial charge in [0.05, 0.1) is 17.3 Å². The Hall–Kier alpha value is -4.15. The Morgan fingerprint density at radius 1 is 1.07 bits per heavy atom. The van der Waals surface area contributed by atoms with Crippen molar-refractivity contribution >= 4 is 44.0 Å². The predicted molar refractivity (Wildman–Crippen MR) is 135 cm³/mol. The molecule has 1 N–H and O–H groups in total. The summed E-state index contributed by atoms with van der Waals surface area (Å²) in [5, 5.41) is 6.98. The highest BCUT2D eigenvalue weighted by Gasteiger charge is 2.49. The molecule has 0 unspecified atom stereocenters. The number of nitrogens with one attached hydrogen (secondary N) is 1. The van der Waals surface area contributed by atoms with E-state index >= 15 is 0 Å². The van der Waals surface area contributed by atoms with E-state index in [0.717, 1.165) is 25.2 Å². The summed E-state index contributed by atoms with van der Waals surface area (Å²) in [5.74, 6) is -3.89. The fourth-order valence-corrected chi connectivity index (χ4v) is 4.85. The van der Waals surface area contributed by atoms with Crippen LogP contribution in [0, 0.1) is 5.92 Å². The van der Waals surface area contributed by atoms with Crippen molar-refractivity contribution < 1.29 is 39.3 Å². The number of amides is 1. The number of anilines is 2. The molecule has 4 aromatic heterocycles. The molecule has 5 heterocycles. The second-order valence-corrected chi connectivity index (χ2v) is 11.3. The summed E-state index contributed by atoms with van der Waals surface area (Å²) in [6.45, 7) is 0.304. The van der Waals surface area contributed by atoms with Crippen LogP contribution in [-0.4, -0.2) is 63.4 Å². The highest BCUT2D eigenvalue weighted by Crippen LogP contribution is 2.36. The molecule has 0 bridgehead atoms. The topological polar surface area (TPSA) is 132 Å². The molecule has 0 aromatic carbocycles. The third-order valence-electron chi connectivity index (χ3n) is 6.82. The monoisotopic (exact) mass is 597 g/mol. The van der Waals surface area contributed by atoms with Crippen molar-refractivity contribution in [3.63, 3.8) is 0 Å². The van der Waals surface area contributed by atoms with E-state index in [2.05, 4.69) is 29.6 Å². The normalized spacial score (nSPS) is 17.6. The van der Waals surface area contributed by atoms with Crippen LogP contribution in [0.2, 0.25) is 0 Å². The Morgan fingerprint density at radius 3 is 2.49 bits per heavy atom. The first kappa shape index (κ1) is 27.0. The summed E-state index contributed by atoms with van der Waals surface area (Å²) in [6, 6.07) is 4.68. The van der Waals surface area contributed by atoms with Crippen LogP contribution in [0.25, 0.3) is 27.8 Å². The van der Waals surface area contributed by atoms with Crippen molar-refractivity contribution in [2.45, 2.75) is 37.1 Å². The summed E-state index contributed by atoms with van der Waals surface area (Å²) in [5.41, 5.74) is -4.50. The number of piperidine rings is 1. The van der Waals surface area contributed by atoms with E-state index < -0.39 is 27.4 Å². The van der Waals surface area contributed by atoms with Gasteiger partial charge in [0.1, 0.15) is 5.82 Å². The molecule has 1 saturated carbocycles. The predicted octanol–water partition coefficient (Wildman–Crippen LogP) is 4.15. The molecule has 4 aromatic rings. The van der Waals surface area contributed by atoms with E-state index in [-0.39, 0.29) is 65.7 Å². The number of hydrogen-bond donors (Lipinski definition) is 1. The molecule has 17 heteroatoms. The van der Waals surface area contributed by atoms with E-state index in [1.54, 1.807) is 23.2 Å². The smallest absolute Gasteiger partial charge is 0.370 e. The first-order chi connectivity index (χ1) is 19.3. The molecule has 11 nitrogen and oxygen atoms in total. The largest absolute Gasteiger partial charge is 0.534 e. The summed E-state index contributed by atoms with van der Waals surface area (Å²) in [6.07, 6.45) is 4.58. The number of halogens is 5. The third kappa shape index (κ3) is 5.32. The SMILES string of the molecule is O=C(Nc1cc2c(-c3nc4ccc(N5CCC(F)(F)CC5)cn4n3)cnc(OS(=O)(=O)C(F)(F)F)c2cn1)C1CC1. The van der Waals surface area contributed by atoms with Crippen molar-refractivity contribution in [1.82, 2.24) is 24.6 Å². The number of fused-ring (bicyclic) bond motifs is 2. The number of carbonyl (C=O) groups excluding carboxylic acids is 1. The number of rotatable bonds is 6. The van der Waals surface area contributed by atoms with Gasteiger partial charge in [-0.05, 0) is 31.0 Å². The van der Waals surface area contributed by atoms with Crippen LogP contribution in [0.3, 0.4) is 0 Å². The van der Waals surface area contributed by atoms with E-state index in [1.807, 2.05) is 0 Å². The van der Waals surface area contributed by atoms with Gasteiger partial charge in [0, 0.05) is 55.2 Å². The number of pyridine rings is 3. The van der Waals surface area contributed by atoms with Crippen LogP contribution in [-0.2, 0) is 14.9 Å². The summed E-state index contributed by atoms with van der Waals surface area (Å²) in [7, 11) is -6.04. The molecule has 1 aliphatic carbocycles. The van der Waals surface area contributed by atoms with E-state index in [1.165, 1.54) is 10.6 Å². The molecule has 1 saturated heterocycles. The van der Waals surface area contributed by atoms with Crippen molar-refractivity contribution in [3.8, 4) is 17.3 Å². The highest BCUT2D eigenvalue weighted by atomic mass is 32.2. The molecule has 0 atom stereocenters. The van der Waals surface area contributed by atoms with Gasteiger partial charge in [-0.15, -0.1) is 5.10 Å². The minimum atomic E-state index is -6.04. The molecular formula is C24H20F5N7O4S. The Morgan fingerprint density at radius 2 is 1.80 bits per heavy atom. The Bertz CT molecular complexity index is 1780. The summed E-state index contributed by atoms with van der Waals surface area (Å²) in [4.78, 5) is 26.3. The van der Waals surface area contributed by atoms with Crippen LogP contribution in [0.5, 0.6) is 5.88 Å². The number of aromatic nitrogens is 5. The van der Waals surface area contributed by atoms with Crippen molar-refractivity contribution in [2.24, 2.45) is 5.92 Å². The average molecular weight is 598 g/mol. The maximum absolute atomic E-state index is 13.6. The molecule has 0 spiro atoms. The van der Waals surface area contributed by atoms with E-state index in [4.69, 9.17) is 0 Å². The first-order valence-corrected chi connectivity index (χ1v) is 13.8. The van der Waals surface area contributed by atoms with Gasteiger partial charge in [-0.25, -0.2) is 28.2 Å². The third-order valence-corrected chi connectivity index (χ3v) is 7.77. The number of carbonyl (C=O) groups is 1. The lowest BCUT2D eigenvalue weighted by Crippen LogP contribution is -2.39. The second-order valence-electron chi connectivity index (χ2n) is 9.81. The lowest BCUT2D eigenvalue weighted by Gasteiger charge is -2.33. The van der Waals surface area contributed by atoms with Gasteiger partial charge in [0.25, 0.3) is 5.92 Å². The van der Waals surface area contributed by atoms with Crippen LogP contribution in [0.15, 0.2) is 36.8 Å². The molecule has 2 aliphatic rings. The van der Waals surface area contributed by atoms with Crippen molar-refractivity contribution in [3.05, 3.63) is 36.8 Å². The van der Waals surface area contributed by atoms with Crippen LogP contribution in [0.4, 0.5) is 33.5 Å². The minimum Gasteiger partial charge on any atom is -0.370 e. The Labute approximate surface area is 228 Å². The Kier molecular flexibility index (Phi) is 6.24. The fraction of sp³-hybridized carbons (Fsp3) is 0.375. The average Bonchev–Trinajstić information content (AvgIpc) is 3.67.